The van der Waals surface area contributed by atoms with E-state index in [0.717, 1.165) is 50.1 Å². The van der Waals surface area contributed by atoms with Crippen LogP contribution in [0, 0.1) is 0 Å². The number of aromatic nitrogens is 3. The molecule has 2 aromatic heterocycles. The van der Waals surface area contributed by atoms with E-state index in [4.69, 9.17) is 0 Å². The van der Waals surface area contributed by atoms with Crippen molar-refractivity contribution in [1.29, 1.82) is 0 Å². The topological polar surface area (TPSA) is 87.9 Å². The van der Waals surface area contributed by atoms with Crippen molar-refractivity contribution in [3.63, 3.8) is 0 Å². The maximum absolute atomic E-state index is 12.3. The van der Waals surface area contributed by atoms with Crippen LogP contribution in [-0.2, 0) is 28.1 Å². The summed E-state index contributed by atoms with van der Waals surface area (Å²) in [5, 5.41) is 0.893. The van der Waals surface area contributed by atoms with Gasteiger partial charge in [-0.15, -0.1) is 0 Å². The van der Waals surface area contributed by atoms with E-state index >= 15 is 0 Å². The molecule has 0 saturated heterocycles. The molecule has 0 bridgehead atoms. The molecule has 2 atom stereocenters. The molecule has 2 heterocycles. The van der Waals surface area contributed by atoms with Crippen molar-refractivity contribution in [2.45, 2.75) is 17.1 Å². The Bertz CT molecular complexity index is 1790. The Morgan fingerprint density at radius 2 is 1.77 bits per heavy atom. The van der Waals surface area contributed by atoms with Crippen LogP contribution in [0.1, 0.15) is 34.7 Å². The summed E-state index contributed by atoms with van der Waals surface area (Å²) in [6.07, 6.45) is 10.4. The van der Waals surface area contributed by atoms with Gasteiger partial charge in [-0.1, -0.05) is 36.4 Å². The fraction of sp³-hybridized carbons (Fsp3) is 0.161. The third-order valence-corrected chi connectivity index (χ3v) is 9.26. The number of imidazole rings is 1. The van der Waals surface area contributed by atoms with Gasteiger partial charge < -0.3 is 9.12 Å². The van der Waals surface area contributed by atoms with Gasteiger partial charge in [-0.25, -0.2) is 13.4 Å². The number of benzene rings is 3. The molecule has 3 aromatic carbocycles. The SMILES string of the molecule is CC(c1cc(-c2cccc(C=C(c3ccc(S(C)(=O)=O)cc3)c3nccn3C)c2)c2ncccc2c1)[S+](C)[O-]. The van der Waals surface area contributed by atoms with Crippen molar-refractivity contribution in [1.82, 2.24) is 14.5 Å². The second-order valence-corrected chi connectivity index (χ2v) is 13.3. The van der Waals surface area contributed by atoms with Gasteiger partial charge in [-0.2, -0.15) is 0 Å². The van der Waals surface area contributed by atoms with Gasteiger partial charge in [-0.05, 0) is 77.3 Å². The zero-order valence-corrected chi connectivity index (χ0v) is 23.8. The fourth-order valence-corrected chi connectivity index (χ4v) is 5.76. The molecule has 0 aliphatic carbocycles. The Balaban J connectivity index is 1.65. The predicted octanol–water partition coefficient (Wildman–Crippen LogP) is 6.07. The van der Waals surface area contributed by atoms with Crippen LogP contribution in [0.3, 0.4) is 0 Å². The molecule has 5 aromatic rings. The summed E-state index contributed by atoms with van der Waals surface area (Å²) in [7, 11) is -1.37. The summed E-state index contributed by atoms with van der Waals surface area (Å²) in [4.78, 5) is 9.51. The summed E-state index contributed by atoms with van der Waals surface area (Å²) in [5.74, 6) is 0.765. The molecular formula is C31H29N3O3S2. The molecule has 2 unspecified atom stereocenters. The van der Waals surface area contributed by atoms with Gasteiger partial charge in [0, 0.05) is 54.0 Å². The molecule has 39 heavy (non-hydrogen) atoms. The zero-order valence-electron chi connectivity index (χ0n) is 22.2. The third-order valence-electron chi connectivity index (χ3n) is 6.86. The molecule has 0 N–H and O–H groups in total. The van der Waals surface area contributed by atoms with Crippen molar-refractivity contribution >= 4 is 43.6 Å². The van der Waals surface area contributed by atoms with Crippen molar-refractivity contribution in [2.75, 3.05) is 12.5 Å². The Kier molecular flexibility index (Phi) is 7.44. The highest BCUT2D eigenvalue weighted by molar-refractivity contribution is 7.91. The Hall–Kier alpha value is -3.72. The number of fused-ring (bicyclic) bond motifs is 1. The molecular weight excluding hydrogens is 526 g/mol. The summed E-state index contributed by atoms with van der Waals surface area (Å²) in [5.41, 5.74) is 6.55. The molecule has 0 spiro atoms. The number of pyridine rings is 1. The van der Waals surface area contributed by atoms with Crippen molar-refractivity contribution in [3.05, 3.63) is 114 Å². The Labute approximate surface area is 232 Å². The van der Waals surface area contributed by atoms with Gasteiger partial charge in [0.15, 0.2) is 9.84 Å². The minimum absolute atomic E-state index is 0.110. The first-order valence-corrected chi connectivity index (χ1v) is 15.9. The molecule has 6 nitrogen and oxygen atoms in total. The molecule has 0 amide bonds. The molecule has 5 rings (SSSR count). The standard InChI is InChI=1S/C31H29N3O3S2/c1-21(38(3)35)26-19-25-9-6-14-32-30(25)28(20-26)24-8-5-7-22(17-24)18-29(31-33-15-16-34(31)2)23-10-12-27(13-11-23)39(4,36)37/h5-21H,1-4H3. The van der Waals surface area contributed by atoms with Crippen molar-refractivity contribution in [2.24, 2.45) is 7.05 Å². The van der Waals surface area contributed by atoms with Crippen LogP contribution in [0.2, 0.25) is 0 Å². The second-order valence-electron chi connectivity index (χ2n) is 9.63. The van der Waals surface area contributed by atoms with E-state index in [2.05, 4.69) is 40.3 Å². The first-order valence-electron chi connectivity index (χ1n) is 12.4. The number of nitrogens with zero attached hydrogens (tertiary/aromatic N) is 3. The number of hydrogen-bond acceptors (Lipinski definition) is 5. The summed E-state index contributed by atoms with van der Waals surface area (Å²) >= 11 is -1.01. The van der Waals surface area contributed by atoms with Gasteiger partial charge in [-0.3, -0.25) is 4.98 Å². The van der Waals surface area contributed by atoms with E-state index in [9.17, 15) is 13.0 Å². The molecule has 198 valence electrons. The minimum Gasteiger partial charge on any atom is -0.616 e. The highest BCUT2D eigenvalue weighted by atomic mass is 32.2. The highest BCUT2D eigenvalue weighted by Gasteiger charge is 2.18. The molecule has 0 aliphatic rings. The average Bonchev–Trinajstić information content (AvgIpc) is 3.35. The first-order chi connectivity index (χ1) is 18.6. The van der Waals surface area contributed by atoms with Crippen LogP contribution in [0.25, 0.3) is 33.7 Å². The van der Waals surface area contributed by atoms with Crippen LogP contribution in [0.5, 0.6) is 0 Å². The minimum atomic E-state index is -3.30. The normalized spacial score (nSPS) is 13.9. The van der Waals surface area contributed by atoms with Crippen LogP contribution in [-0.4, -0.2) is 40.0 Å². The molecule has 0 fully saturated rings. The lowest BCUT2D eigenvalue weighted by Crippen LogP contribution is -2.08. The van der Waals surface area contributed by atoms with Gasteiger partial charge in [0.25, 0.3) is 0 Å². The van der Waals surface area contributed by atoms with E-state index in [0.29, 0.717) is 0 Å². The molecule has 8 heteroatoms. The van der Waals surface area contributed by atoms with Crippen LogP contribution < -0.4 is 0 Å². The summed E-state index contributed by atoms with van der Waals surface area (Å²) in [6, 6.07) is 23.2. The van der Waals surface area contributed by atoms with Gasteiger partial charge in [0.1, 0.15) is 11.1 Å². The highest BCUT2D eigenvalue weighted by Crippen LogP contribution is 2.34. The van der Waals surface area contributed by atoms with Gasteiger partial charge >= 0.3 is 0 Å². The summed E-state index contributed by atoms with van der Waals surface area (Å²) in [6.45, 7) is 1.98. The molecule has 0 saturated carbocycles. The van der Waals surface area contributed by atoms with E-state index in [1.165, 1.54) is 6.26 Å². The predicted molar refractivity (Wildman–Crippen MR) is 159 cm³/mol. The Morgan fingerprint density at radius 3 is 2.44 bits per heavy atom. The van der Waals surface area contributed by atoms with Crippen molar-refractivity contribution in [3.8, 4) is 11.1 Å². The quantitative estimate of drug-likeness (QED) is 0.180. The first kappa shape index (κ1) is 26.9. The third kappa shape index (κ3) is 5.68. The monoisotopic (exact) mass is 555 g/mol. The van der Waals surface area contributed by atoms with Crippen LogP contribution in [0.4, 0.5) is 0 Å². The van der Waals surface area contributed by atoms with E-state index < -0.39 is 21.0 Å². The lowest BCUT2D eigenvalue weighted by molar-refractivity contribution is 0.591. The zero-order chi connectivity index (χ0) is 27.7. The molecule has 0 aliphatic heterocycles. The molecule has 0 radical (unpaired) electrons. The second kappa shape index (κ2) is 10.8. The van der Waals surface area contributed by atoms with Crippen LogP contribution >= 0.6 is 0 Å². The smallest absolute Gasteiger partial charge is 0.175 e. The average molecular weight is 556 g/mol. The number of hydrogen-bond donors (Lipinski definition) is 0. The van der Waals surface area contributed by atoms with E-state index in [1.807, 2.05) is 61.1 Å². The Morgan fingerprint density at radius 1 is 1.00 bits per heavy atom. The summed E-state index contributed by atoms with van der Waals surface area (Å²) < 4.78 is 38.2. The van der Waals surface area contributed by atoms with Gasteiger partial charge in [0.2, 0.25) is 0 Å². The largest absolute Gasteiger partial charge is 0.616 e. The number of rotatable bonds is 7. The maximum atomic E-state index is 12.3. The van der Waals surface area contributed by atoms with E-state index in [-0.39, 0.29) is 10.1 Å². The van der Waals surface area contributed by atoms with Crippen LogP contribution in [0.15, 0.2) is 96.3 Å². The number of sulfone groups is 1. The van der Waals surface area contributed by atoms with E-state index in [1.54, 1.807) is 30.8 Å². The van der Waals surface area contributed by atoms with Crippen molar-refractivity contribution < 1.29 is 13.0 Å². The fourth-order valence-electron chi connectivity index (χ4n) is 4.61. The number of aryl methyl sites for hydroxylation is 1. The lowest BCUT2D eigenvalue weighted by atomic mass is 9.95. The maximum Gasteiger partial charge on any atom is 0.175 e. The lowest BCUT2D eigenvalue weighted by Gasteiger charge is -2.17. The van der Waals surface area contributed by atoms with Gasteiger partial charge in [0.05, 0.1) is 16.7 Å².